The van der Waals surface area contributed by atoms with E-state index in [9.17, 15) is 0 Å². The Bertz CT molecular complexity index is 520. The quantitative estimate of drug-likeness (QED) is 0.326. The monoisotopic (exact) mass is 236 g/mol. The first-order chi connectivity index (χ1) is 6.29. The Balaban J connectivity index is 2.57. The molecule has 0 amide bonds. The van der Waals surface area contributed by atoms with E-state index in [0.29, 0.717) is 15.0 Å². The third-order valence-corrected chi connectivity index (χ3v) is 4.57. The predicted molar refractivity (Wildman–Crippen MR) is 57.8 cm³/mol. The predicted octanol–water partition coefficient (Wildman–Crippen LogP) is -0.0274. The van der Waals surface area contributed by atoms with Gasteiger partial charge in [0.15, 0.2) is 0 Å². The molecule has 0 aromatic heterocycles. The van der Waals surface area contributed by atoms with Crippen molar-refractivity contribution in [1.82, 2.24) is 0 Å². The van der Waals surface area contributed by atoms with Crippen LogP contribution in [0.2, 0.25) is 0 Å². The van der Waals surface area contributed by atoms with Crippen molar-refractivity contribution in [3.05, 3.63) is 24.3 Å². The molecule has 0 aliphatic carbocycles. The molecule has 13 heavy (non-hydrogen) atoms. The van der Waals surface area contributed by atoms with Crippen LogP contribution in [-0.2, 0) is 0 Å². The number of nitrogen functional groups attached to an aromatic ring is 2. The van der Waals surface area contributed by atoms with Crippen LogP contribution in [-0.4, -0.2) is 15.0 Å². The number of hydrogen-bond acceptors (Lipinski definition) is 2. The third-order valence-electron chi connectivity index (χ3n) is 2.37. The fourth-order valence-corrected chi connectivity index (χ4v) is 3.46. The third kappa shape index (κ3) is 0.831. The molecule has 0 unspecified atom stereocenters. The summed E-state index contributed by atoms with van der Waals surface area (Å²) in [6, 6.07) is 8.21. The van der Waals surface area contributed by atoms with E-state index in [1.165, 1.54) is 14.3 Å². The zero-order valence-electron chi connectivity index (χ0n) is 6.87. The van der Waals surface area contributed by atoms with Gasteiger partial charge in [0.1, 0.15) is 0 Å². The van der Waals surface area contributed by atoms with E-state index < -0.39 is 0 Å². The van der Waals surface area contributed by atoms with Gasteiger partial charge < -0.3 is 0 Å². The van der Waals surface area contributed by atoms with Crippen LogP contribution in [0.15, 0.2) is 24.3 Å². The van der Waals surface area contributed by atoms with Crippen LogP contribution in [0.5, 0.6) is 0 Å². The fourth-order valence-electron chi connectivity index (χ4n) is 1.61. The van der Waals surface area contributed by atoms with E-state index in [-0.39, 0.29) is 0 Å². The van der Waals surface area contributed by atoms with Crippen LogP contribution in [0.1, 0.15) is 0 Å². The molecule has 3 rings (SSSR count). The molecule has 0 bridgehead atoms. The Kier molecular flexibility index (Phi) is 1.22. The van der Waals surface area contributed by atoms with E-state index in [2.05, 4.69) is 6.07 Å². The van der Waals surface area contributed by atoms with Gasteiger partial charge in [0.05, 0.1) is 0 Å². The van der Waals surface area contributed by atoms with Crippen LogP contribution < -0.4 is 20.4 Å². The summed E-state index contributed by atoms with van der Waals surface area (Å²) in [6.07, 6.45) is 0. The van der Waals surface area contributed by atoms with Gasteiger partial charge in [-0.15, -0.1) is 0 Å². The first-order valence-electron chi connectivity index (χ1n) is 4.06. The molecule has 1 aliphatic heterocycles. The second-order valence-corrected chi connectivity index (χ2v) is 5.27. The summed E-state index contributed by atoms with van der Waals surface area (Å²) < 4.78 is 2.75. The Morgan fingerprint density at radius 3 is 2.31 bits per heavy atom. The summed E-state index contributed by atoms with van der Waals surface area (Å²) >= 11 is 0.487. The Hall–Kier alpha value is -1.18. The van der Waals surface area contributed by atoms with E-state index in [0.717, 1.165) is 16.8 Å². The zero-order valence-corrected chi connectivity index (χ0v) is 8.59. The number of hydrogen-bond donors (Lipinski definition) is 2. The fraction of sp³-hybridized carbons (Fsp3) is 0. The van der Waals surface area contributed by atoms with E-state index in [4.69, 9.17) is 11.5 Å². The van der Waals surface area contributed by atoms with Gasteiger partial charge in [0, 0.05) is 0 Å². The van der Waals surface area contributed by atoms with Gasteiger partial charge in [-0.3, -0.25) is 0 Å². The topological polar surface area (TPSA) is 52.0 Å². The first kappa shape index (κ1) is 7.24. The number of fused-ring (bicyclic) bond motifs is 3. The maximum atomic E-state index is 5.94. The first-order valence-corrected chi connectivity index (χ1v) is 5.78. The summed E-state index contributed by atoms with van der Waals surface area (Å²) in [4.78, 5) is 0. The van der Waals surface area contributed by atoms with Gasteiger partial charge in [-0.05, 0) is 0 Å². The van der Waals surface area contributed by atoms with E-state index in [1.807, 2.05) is 18.2 Å². The molecule has 64 valence electrons. The molecular formula is C10H8N2Se. The molecule has 2 aromatic rings. The molecular weight excluding hydrogens is 227 g/mol. The van der Waals surface area contributed by atoms with Crippen molar-refractivity contribution in [1.29, 1.82) is 0 Å². The van der Waals surface area contributed by atoms with Crippen molar-refractivity contribution in [2.45, 2.75) is 0 Å². The van der Waals surface area contributed by atoms with Crippen molar-refractivity contribution in [3.63, 3.8) is 0 Å². The maximum absolute atomic E-state index is 5.94. The van der Waals surface area contributed by atoms with Crippen LogP contribution in [0, 0.1) is 0 Å². The average Bonchev–Trinajstić information content (AvgIpc) is 2.94. The van der Waals surface area contributed by atoms with Crippen molar-refractivity contribution < 1.29 is 0 Å². The summed E-state index contributed by atoms with van der Waals surface area (Å²) in [6.45, 7) is 0. The van der Waals surface area contributed by atoms with Crippen molar-refractivity contribution in [3.8, 4) is 0 Å². The molecule has 0 saturated carbocycles. The molecule has 0 fully saturated rings. The summed E-state index contributed by atoms with van der Waals surface area (Å²) in [5.41, 5.74) is 13.4. The van der Waals surface area contributed by atoms with Crippen LogP contribution in [0.3, 0.4) is 0 Å². The van der Waals surface area contributed by atoms with Gasteiger partial charge in [0.2, 0.25) is 0 Å². The van der Waals surface area contributed by atoms with Crippen LogP contribution in [0.25, 0.3) is 10.8 Å². The second-order valence-electron chi connectivity index (χ2n) is 3.13. The standard InChI is InChI=1S/C10H8N2Se/c11-7-5-3-1-2-4-6(5)9-10(13-9)8(7)12/h1-4H,11-12H2. The number of benzene rings is 2. The van der Waals surface area contributed by atoms with Gasteiger partial charge in [-0.1, -0.05) is 0 Å². The Morgan fingerprint density at radius 2 is 1.54 bits per heavy atom. The number of nitrogens with two attached hydrogens (primary N) is 2. The molecule has 1 aliphatic rings. The molecule has 2 nitrogen and oxygen atoms in total. The van der Waals surface area contributed by atoms with Crippen molar-refractivity contribution >= 4 is 46.0 Å². The van der Waals surface area contributed by atoms with Gasteiger partial charge in [-0.2, -0.15) is 0 Å². The van der Waals surface area contributed by atoms with Crippen LogP contribution in [0.4, 0.5) is 11.4 Å². The molecule has 4 N–H and O–H groups in total. The van der Waals surface area contributed by atoms with Crippen molar-refractivity contribution in [2.24, 2.45) is 0 Å². The molecule has 0 saturated heterocycles. The Labute approximate surface area is 82.1 Å². The average molecular weight is 235 g/mol. The number of anilines is 2. The molecule has 0 spiro atoms. The second kappa shape index (κ2) is 2.19. The Morgan fingerprint density at radius 1 is 0.846 bits per heavy atom. The number of rotatable bonds is 0. The summed E-state index contributed by atoms with van der Waals surface area (Å²) in [5.74, 6) is 0. The van der Waals surface area contributed by atoms with Crippen molar-refractivity contribution in [2.75, 3.05) is 11.5 Å². The van der Waals surface area contributed by atoms with Crippen LogP contribution >= 0.6 is 0 Å². The minimum atomic E-state index is 0.487. The van der Waals surface area contributed by atoms with E-state index in [1.54, 1.807) is 0 Å². The summed E-state index contributed by atoms with van der Waals surface area (Å²) in [5, 5.41) is 2.40. The summed E-state index contributed by atoms with van der Waals surface area (Å²) in [7, 11) is 0. The molecule has 0 atom stereocenters. The molecule has 0 radical (unpaired) electrons. The molecule has 3 heteroatoms. The van der Waals surface area contributed by atoms with Gasteiger partial charge >= 0.3 is 81.8 Å². The zero-order chi connectivity index (χ0) is 9.00. The molecule has 2 aromatic carbocycles. The SMILES string of the molecule is Nc1c2c(c3ccccc3c1N)[Se]2. The van der Waals surface area contributed by atoms with E-state index >= 15 is 0 Å². The normalized spacial score (nSPS) is 12.9. The molecule has 1 heterocycles. The van der Waals surface area contributed by atoms with Gasteiger partial charge in [-0.25, -0.2) is 0 Å². The van der Waals surface area contributed by atoms with Gasteiger partial charge in [0.25, 0.3) is 0 Å². The minimum absolute atomic E-state index is 0.487.